The van der Waals surface area contributed by atoms with Crippen LogP contribution in [-0.2, 0) is 4.79 Å². The van der Waals surface area contributed by atoms with Crippen LogP contribution in [0.1, 0.15) is 17.0 Å². The van der Waals surface area contributed by atoms with Gasteiger partial charge >= 0.3 is 0 Å². The Labute approximate surface area is 197 Å². The summed E-state index contributed by atoms with van der Waals surface area (Å²) < 4.78 is 2.17. The van der Waals surface area contributed by atoms with Crippen molar-refractivity contribution in [2.75, 3.05) is 4.90 Å². The van der Waals surface area contributed by atoms with Crippen LogP contribution in [0.25, 0.3) is 11.8 Å². The Morgan fingerprint density at radius 2 is 1.55 bits per heavy atom. The number of hydrogen-bond acceptors (Lipinski definition) is 4. The lowest BCUT2D eigenvalue weighted by molar-refractivity contribution is -0.113. The number of hydrogen-bond donors (Lipinski definition) is 0. The zero-order valence-corrected chi connectivity index (χ0v) is 19.2. The number of anilines is 1. The molecule has 0 saturated carbocycles. The largest absolute Gasteiger partial charge is 0.318 e. The van der Waals surface area contributed by atoms with Crippen LogP contribution in [-0.4, -0.2) is 20.6 Å². The van der Waals surface area contributed by atoms with Gasteiger partial charge in [-0.3, -0.25) is 14.7 Å². The van der Waals surface area contributed by atoms with E-state index in [0.29, 0.717) is 10.1 Å². The number of benzene rings is 2. The Bertz CT molecular complexity index is 1360. The molecule has 33 heavy (non-hydrogen) atoms. The van der Waals surface area contributed by atoms with E-state index >= 15 is 0 Å². The molecule has 5 nitrogen and oxygen atoms in total. The first-order valence-electron chi connectivity index (χ1n) is 10.6. The summed E-state index contributed by atoms with van der Waals surface area (Å²) in [5.74, 6) is -0.0744. The van der Waals surface area contributed by atoms with E-state index in [0.717, 1.165) is 34.0 Å². The van der Waals surface area contributed by atoms with Crippen molar-refractivity contribution in [2.24, 2.45) is 4.99 Å². The quantitative estimate of drug-likeness (QED) is 0.343. The highest BCUT2D eigenvalue weighted by Gasteiger charge is 2.35. The third-order valence-corrected chi connectivity index (χ3v) is 6.45. The number of carbonyl (C=O) groups excluding carboxylic acids is 1. The summed E-state index contributed by atoms with van der Waals surface area (Å²) in [4.78, 5) is 24.8. The SMILES string of the molecule is Cc1cc(C=C2SC(=Nc3ccccc3)N(c3ccccc3)C2=O)c(C)n1-c1ccncc1. The first-order chi connectivity index (χ1) is 16.1. The van der Waals surface area contributed by atoms with Crippen LogP contribution in [0.3, 0.4) is 0 Å². The number of aromatic nitrogens is 2. The smallest absolute Gasteiger partial charge is 0.271 e. The third-order valence-electron chi connectivity index (χ3n) is 5.48. The van der Waals surface area contributed by atoms with Crippen molar-refractivity contribution in [3.8, 4) is 5.69 Å². The lowest BCUT2D eigenvalue weighted by Crippen LogP contribution is -2.28. The molecule has 0 unspecified atom stereocenters. The summed E-state index contributed by atoms with van der Waals surface area (Å²) in [6.07, 6.45) is 5.54. The first-order valence-corrected chi connectivity index (χ1v) is 11.5. The molecule has 0 radical (unpaired) electrons. The molecular weight excluding hydrogens is 428 g/mol. The first kappa shape index (κ1) is 21.0. The maximum Gasteiger partial charge on any atom is 0.271 e. The fourth-order valence-corrected chi connectivity index (χ4v) is 4.92. The molecule has 3 heterocycles. The monoisotopic (exact) mass is 450 g/mol. The van der Waals surface area contributed by atoms with Gasteiger partial charge in [-0.05, 0) is 79.7 Å². The highest BCUT2D eigenvalue weighted by Crippen LogP contribution is 2.38. The molecule has 5 rings (SSSR count). The number of aryl methyl sites for hydroxylation is 1. The number of para-hydroxylation sites is 2. The van der Waals surface area contributed by atoms with Crippen molar-refractivity contribution in [3.63, 3.8) is 0 Å². The Hall–Kier alpha value is -3.90. The topological polar surface area (TPSA) is 50.5 Å². The van der Waals surface area contributed by atoms with Crippen LogP contribution in [0.2, 0.25) is 0 Å². The van der Waals surface area contributed by atoms with Gasteiger partial charge in [0.15, 0.2) is 5.17 Å². The van der Waals surface area contributed by atoms with Gasteiger partial charge < -0.3 is 4.57 Å². The molecule has 2 aromatic carbocycles. The van der Waals surface area contributed by atoms with Crippen LogP contribution >= 0.6 is 11.8 Å². The Morgan fingerprint density at radius 1 is 0.879 bits per heavy atom. The number of amidine groups is 1. The number of amides is 1. The second-order valence-electron chi connectivity index (χ2n) is 7.68. The number of nitrogens with zero attached hydrogens (tertiary/aromatic N) is 4. The maximum atomic E-state index is 13.5. The van der Waals surface area contributed by atoms with E-state index in [2.05, 4.69) is 29.5 Å². The minimum atomic E-state index is -0.0744. The normalized spacial score (nSPS) is 16.2. The molecule has 2 aromatic heterocycles. The van der Waals surface area contributed by atoms with Gasteiger partial charge in [-0.25, -0.2) is 4.99 Å². The van der Waals surface area contributed by atoms with Crippen molar-refractivity contribution in [2.45, 2.75) is 13.8 Å². The van der Waals surface area contributed by atoms with Gasteiger partial charge in [0.25, 0.3) is 5.91 Å². The lowest BCUT2D eigenvalue weighted by Gasteiger charge is -2.15. The van der Waals surface area contributed by atoms with Crippen molar-refractivity contribution >= 4 is 40.3 Å². The minimum absolute atomic E-state index is 0.0744. The molecule has 0 bridgehead atoms. The fourth-order valence-electron chi connectivity index (χ4n) is 3.93. The Morgan fingerprint density at radius 3 is 2.24 bits per heavy atom. The zero-order chi connectivity index (χ0) is 22.8. The summed E-state index contributed by atoms with van der Waals surface area (Å²) >= 11 is 1.40. The van der Waals surface area contributed by atoms with E-state index in [1.54, 1.807) is 17.3 Å². The van der Waals surface area contributed by atoms with Crippen LogP contribution in [0.4, 0.5) is 11.4 Å². The third kappa shape index (κ3) is 4.13. The molecule has 0 aliphatic carbocycles. The van der Waals surface area contributed by atoms with E-state index in [9.17, 15) is 4.79 Å². The predicted octanol–water partition coefficient (Wildman–Crippen LogP) is 6.30. The molecule has 4 aromatic rings. The van der Waals surface area contributed by atoms with E-state index < -0.39 is 0 Å². The number of thioether (sulfide) groups is 1. The molecule has 0 N–H and O–H groups in total. The lowest BCUT2D eigenvalue weighted by atomic mass is 10.2. The summed E-state index contributed by atoms with van der Waals surface area (Å²) in [5.41, 5.74) is 5.83. The van der Waals surface area contributed by atoms with Crippen molar-refractivity contribution in [1.29, 1.82) is 0 Å². The highest BCUT2D eigenvalue weighted by molar-refractivity contribution is 8.19. The molecule has 1 fully saturated rings. The molecule has 162 valence electrons. The van der Waals surface area contributed by atoms with E-state index in [1.807, 2.05) is 78.9 Å². The van der Waals surface area contributed by atoms with Crippen molar-refractivity contribution in [3.05, 3.63) is 113 Å². The van der Waals surface area contributed by atoms with E-state index in [-0.39, 0.29) is 5.91 Å². The summed E-state index contributed by atoms with van der Waals surface area (Å²) in [7, 11) is 0. The van der Waals surface area contributed by atoms with Gasteiger partial charge in [-0.2, -0.15) is 0 Å². The van der Waals surface area contributed by atoms with Crippen LogP contribution < -0.4 is 4.90 Å². The summed E-state index contributed by atoms with van der Waals surface area (Å²) in [5, 5.41) is 0.645. The average molecular weight is 451 g/mol. The molecule has 1 amide bonds. The van der Waals surface area contributed by atoms with E-state index in [4.69, 9.17) is 4.99 Å². The average Bonchev–Trinajstić information content (AvgIpc) is 3.30. The second-order valence-corrected chi connectivity index (χ2v) is 8.69. The van der Waals surface area contributed by atoms with Crippen molar-refractivity contribution < 1.29 is 4.79 Å². The van der Waals surface area contributed by atoms with Gasteiger partial charge in [0.2, 0.25) is 0 Å². The Kier molecular flexibility index (Phi) is 5.67. The number of carbonyl (C=O) groups is 1. The van der Waals surface area contributed by atoms with Gasteiger partial charge in [0, 0.05) is 29.5 Å². The highest BCUT2D eigenvalue weighted by atomic mass is 32.2. The predicted molar refractivity (Wildman–Crippen MR) is 136 cm³/mol. The molecular formula is C27H22N4OS. The fraction of sp³-hybridized carbons (Fsp3) is 0.0741. The number of pyridine rings is 1. The second kappa shape index (κ2) is 8.92. The zero-order valence-electron chi connectivity index (χ0n) is 18.3. The molecule has 1 aliphatic rings. The number of rotatable bonds is 4. The van der Waals surface area contributed by atoms with Crippen LogP contribution in [0.5, 0.6) is 0 Å². The van der Waals surface area contributed by atoms with Gasteiger partial charge in [-0.1, -0.05) is 36.4 Å². The van der Waals surface area contributed by atoms with Crippen LogP contribution in [0, 0.1) is 13.8 Å². The van der Waals surface area contributed by atoms with E-state index in [1.165, 1.54) is 11.8 Å². The minimum Gasteiger partial charge on any atom is -0.318 e. The molecule has 6 heteroatoms. The summed E-state index contributed by atoms with van der Waals surface area (Å²) in [6, 6.07) is 25.4. The van der Waals surface area contributed by atoms with Gasteiger partial charge in [-0.15, -0.1) is 0 Å². The Balaban J connectivity index is 1.57. The molecule has 0 spiro atoms. The van der Waals surface area contributed by atoms with Crippen molar-refractivity contribution in [1.82, 2.24) is 9.55 Å². The van der Waals surface area contributed by atoms with Gasteiger partial charge in [0.05, 0.1) is 16.3 Å². The number of aliphatic imine (C=N–C) groups is 1. The standard InChI is InChI=1S/C27H22N4OS/c1-19-17-21(20(2)30(19)24-13-15-28-16-14-24)18-25-26(32)31(23-11-7-4-8-12-23)27(33-25)29-22-9-5-3-6-10-22/h3-18H,1-2H3. The molecule has 0 atom stereocenters. The molecule has 1 aliphatic heterocycles. The molecule has 1 saturated heterocycles. The maximum absolute atomic E-state index is 13.5. The van der Waals surface area contributed by atoms with Crippen LogP contribution in [0.15, 0.2) is 101 Å². The summed E-state index contributed by atoms with van der Waals surface area (Å²) in [6.45, 7) is 4.13. The van der Waals surface area contributed by atoms with Gasteiger partial charge in [0.1, 0.15) is 0 Å².